The number of carboxylic acids is 2. The van der Waals surface area contributed by atoms with E-state index < -0.39 is 11.9 Å². The standard InChI is InChI=1S/C20H27N3O.C2H2O4/c1-4-17-15(3)20(16-7-5-6-8-18(16)21-17)22-19(24)13-23-11-9-14(2)10-12-23;3-1(4)2(5)6/h5-8,14H,4,9-13H2,1-3H3,(H,21,22,24);(H,3,4)(H,5,6). The number of rotatable bonds is 4. The van der Waals surface area contributed by atoms with E-state index in [9.17, 15) is 4.79 Å². The molecule has 1 aromatic carbocycles. The minimum Gasteiger partial charge on any atom is -0.473 e. The molecule has 0 unspecified atom stereocenters. The highest BCUT2D eigenvalue weighted by molar-refractivity contribution is 6.27. The zero-order valence-corrected chi connectivity index (χ0v) is 17.6. The first-order chi connectivity index (χ1) is 14.2. The van der Waals surface area contributed by atoms with E-state index in [1.165, 1.54) is 12.8 Å². The molecule has 2 aromatic rings. The van der Waals surface area contributed by atoms with Gasteiger partial charge in [-0.1, -0.05) is 32.0 Å². The van der Waals surface area contributed by atoms with Gasteiger partial charge in [-0.2, -0.15) is 0 Å². The number of fused-ring (bicyclic) bond motifs is 1. The van der Waals surface area contributed by atoms with Gasteiger partial charge in [-0.15, -0.1) is 0 Å². The number of benzene rings is 1. The summed E-state index contributed by atoms with van der Waals surface area (Å²) in [6, 6.07) is 8.03. The molecule has 0 radical (unpaired) electrons. The SMILES string of the molecule is CCc1nc2ccccc2c(NC(=O)CN2CCC(C)CC2)c1C.O=C(O)C(=O)O. The number of anilines is 1. The third-order valence-electron chi connectivity index (χ3n) is 5.26. The highest BCUT2D eigenvalue weighted by atomic mass is 16.4. The van der Waals surface area contributed by atoms with Gasteiger partial charge in [0.1, 0.15) is 0 Å². The number of aryl methyl sites for hydroxylation is 1. The molecule has 1 fully saturated rings. The predicted octanol–water partition coefficient (Wildman–Crippen LogP) is 2.93. The molecule has 3 rings (SSSR count). The second-order valence-electron chi connectivity index (χ2n) is 7.55. The van der Waals surface area contributed by atoms with Gasteiger partial charge >= 0.3 is 11.9 Å². The van der Waals surface area contributed by atoms with Gasteiger partial charge in [0.15, 0.2) is 0 Å². The van der Waals surface area contributed by atoms with Gasteiger partial charge in [-0.3, -0.25) is 14.7 Å². The molecular formula is C22H29N3O5. The number of nitrogens with zero attached hydrogens (tertiary/aromatic N) is 2. The second kappa shape index (κ2) is 10.7. The summed E-state index contributed by atoms with van der Waals surface area (Å²) in [6.45, 7) is 8.96. The zero-order valence-electron chi connectivity index (χ0n) is 17.6. The lowest BCUT2D eigenvalue weighted by Crippen LogP contribution is -2.38. The van der Waals surface area contributed by atoms with Crippen molar-refractivity contribution >= 4 is 34.4 Å². The Labute approximate surface area is 175 Å². The summed E-state index contributed by atoms with van der Waals surface area (Å²) < 4.78 is 0. The maximum Gasteiger partial charge on any atom is 0.414 e. The third kappa shape index (κ3) is 6.25. The number of pyridine rings is 1. The van der Waals surface area contributed by atoms with E-state index in [-0.39, 0.29) is 5.91 Å². The molecule has 1 amide bonds. The molecule has 0 spiro atoms. The molecule has 0 aliphatic carbocycles. The van der Waals surface area contributed by atoms with Gasteiger partial charge in [0.2, 0.25) is 5.91 Å². The number of nitrogens with one attached hydrogen (secondary N) is 1. The number of hydrogen-bond acceptors (Lipinski definition) is 5. The van der Waals surface area contributed by atoms with E-state index in [0.29, 0.717) is 6.54 Å². The number of carboxylic acid groups (broad SMARTS) is 2. The molecule has 3 N–H and O–H groups in total. The van der Waals surface area contributed by atoms with E-state index in [1.807, 2.05) is 24.3 Å². The Kier molecular flexibility index (Phi) is 8.29. The summed E-state index contributed by atoms with van der Waals surface area (Å²) in [6.07, 6.45) is 3.23. The van der Waals surface area contributed by atoms with Crippen LogP contribution in [0.3, 0.4) is 0 Å². The van der Waals surface area contributed by atoms with E-state index in [0.717, 1.165) is 53.3 Å². The molecule has 8 heteroatoms. The van der Waals surface area contributed by atoms with Crippen LogP contribution in [0.15, 0.2) is 24.3 Å². The van der Waals surface area contributed by atoms with Crippen molar-refractivity contribution in [3.63, 3.8) is 0 Å². The van der Waals surface area contributed by atoms with Crippen LogP contribution in [0.2, 0.25) is 0 Å². The maximum absolute atomic E-state index is 12.6. The first-order valence-corrected chi connectivity index (χ1v) is 10.1. The minimum atomic E-state index is -1.82. The van der Waals surface area contributed by atoms with Crippen molar-refractivity contribution in [1.29, 1.82) is 0 Å². The lowest BCUT2D eigenvalue weighted by atomic mass is 9.99. The number of carbonyl (C=O) groups is 3. The summed E-state index contributed by atoms with van der Waals surface area (Å²) >= 11 is 0. The molecule has 30 heavy (non-hydrogen) atoms. The molecule has 0 bridgehead atoms. The van der Waals surface area contributed by atoms with Gasteiger partial charge < -0.3 is 15.5 Å². The van der Waals surface area contributed by atoms with Crippen molar-refractivity contribution in [2.75, 3.05) is 25.0 Å². The summed E-state index contributed by atoms with van der Waals surface area (Å²) in [4.78, 5) is 37.8. The van der Waals surface area contributed by atoms with Crippen molar-refractivity contribution in [2.24, 2.45) is 5.92 Å². The average molecular weight is 415 g/mol. The number of hydrogen-bond donors (Lipinski definition) is 3. The van der Waals surface area contributed by atoms with Gasteiger partial charge in [0.25, 0.3) is 0 Å². The number of amides is 1. The highest BCUT2D eigenvalue weighted by Gasteiger charge is 2.19. The van der Waals surface area contributed by atoms with Crippen LogP contribution in [0, 0.1) is 12.8 Å². The summed E-state index contributed by atoms with van der Waals surface area (Å²) in [5.74, 6) is -2.79. The van der Waals surface area contributed by atoms with Gasteiger partial charge in [0.05, 0.1) is 17.7 Å². The summed E-state index contributed by atoms with van der Waals surface area (Å²) in [5.41, 5.74) is 4.00. The Morgan fingerprint density at radius 3 is 2.30 bits per heavy atom. The lowest BCUT2D eigenvalue weighted by Gasteiger charge is -2.29. The molecule has 0 saturated carbocycles. The van der Waals surface area contributed by atoms with E-state index >= 15 is 0 Å². The van der Waals surface area contributed by atoms with Crippen LogP contribution in [0.25, 0.3) is 10.9 Å². The number of aromatic nitrogens is 1. The second-order valence-corrected chi connectivity index (χ2v) is 7.55. The molecule has 2 heterocycles. The molecule has 1 aromatic heterocycles. The van der Waals surface area contributed by atoms with Crippen LogP contribution in [0.5, 0.6) is 0 Å². The van der Waals surface area contributed by atoms with Crippen LogP contribution in [-0.4, -0.2) is 57.6 Å². The fourth-order valence-corrected chi connectivity index (χ4v) is 3.47. The van der Waals surface area contributed by atoms with Crippen LogP contribution in [-0.2, 0) is 20.8 Å². The van der Waals surface area contributed by atoms with Crippen molar-refractivity contribution < 1.29 is 24.6 Å². The maximum atomic E-state index is 12.6. The Morgan fingerprint density at radius 1 is 1.13 bits per heavy atom. The Morgan fingerprint density at radius 2 is 1.73 bits per heavy atom. The first-order valence-electron chi connectivity index (χ1n) is 10.1. The first kappa shape index (κ1) is 23.3. The highest BCUT2D eigenvalue weighted by Crippen LogP contribution is 2.28. The number of carbonyl (C=O) groups excluding carboxylic acids is 1. The zero-order chi connectivity index (χ0) is 22.3. The largest absolute Gasteiger partial charge is 0.473 e. The third-order valence-corrected chi connectivity index (χ3v) is 5.26. The monoisotopic (exact) mass is 415 g/mol. The van der Waals surface area contributed by atoms with E-state index in [4.69, 9.17) is 24.8 Å². The van der Waals surface area contributed by atoms with Gasteiger partial charge in [0, 0.05) is 11.1 Å². The summed E-state index contributed by atoms with van der Waals surface area (Å²) in [5, 5.41) is 19.0. The number of piperidine rings is 1. The van der Waals surface area contributed by atoms with Crippen LogP contribution < -0.4 is 5.32 Å². The molecular weight excluding hydrogens is 386 g/mol. The molecule has 8 nitrogen and oxygen atoms in total. The molecule has 1 aliphatic rings. The van der Waals surface area contributed by atoms with Gasteiger partial charge in [-0.05, 0) is 56.8 Å². The molecule has 0 atom stereocenters. The molecule has 162 valence electrons. The Hall–Kier alpha value is -3.00. The Balaban J connectivity index is 0.000000469. The minimum absolute atomic E-state index is 0.0751. The summed E-state index contributed by atoms with van der Waals surface area (Å²) in [7, 11) is 0. The number of aliphatic carboxylic acids is 2. The van der Waals surface area contributed by atoms with E-state index in [1.54, 1.807) is 0 Å². The van der Waals surface area contributed by atoms with Crippen molar-refractivity contribution in [3.05, 3.63) is 35.5 Å². The van der Waals surface area contributed by atoms with Crippen LogP contribution in [0.1, 0.15) is 37.9 Å². The molecule has 1 saturated heterocycles. The normalized spacial score (nSPS) is 14.6. The number of likely N-dealkylation sites (tertiary alicyclic amines) is 1. The number of para-hydroxylation sites is 1. The van der Waals surface area contributed by atoms with Crippen LogP contribution >= 0.6 is 0 Å². The van der Waals surface area contributed by atoms with Crippen molar-refractivity contribution in [1.82, 2.24) is 9.88 Å². The lowest BCUT2D eigenvalue weighted by molar-refractivity contribution is -0.159. The predicted molar refractivity (Wildman–Crippen MR) is 115 cm³/mol. The average Bonchev–Trinajstić information content (AvgIpc) is 2.72. The smallest absolute Gasteiger partial charge is 0.414 e. The quantitative estimate of drug-likeness (QED) is 0.657. The van der Waals surface area contributed by atoms with Crippen molar-refractivity contribution in [3.8, 4) is 0 Å². The van der Waals surface area contributed by atoms with E-state index in [2.05, 4.69) is 31.0 Å². The topological polar surface area (TPSA) is 120 Å². The van der Waals surface area contributed by atoms with Crippen LogP contribution in [0.4, 0.5) is 5.69 Å². The van der Waals surface area contributed by atoms with Crippen molar-refractivity contribution in [2.45, 2.75) is 40.0 Å². The van der Waals surface area contributed by atoms with Gasteiger partial charge in [-0.25, -0.2) is 9.59 Å². The Bertz CT molecular complexity index is 908. The molecule has 1 aliphatic heterocycles. The fraction of sp³-hybridized carbons (Fsp3) is 0.455. The fourth-order valence-electron chi connectivity index (χ4n) is 3.47.